The first-order chi connectivity index (χ1) is 6.40. The van der Waals surface area contributed by atoms with E-state index in [9.17, 15) is 0 Å². The Morgan fingerprint density at radius 3 is 3.00 bits per heavy atom. The highest BCUT2D eigenvalue weighted by molar-refractivity contribution is 7.15. The Bertz CT molecular complexity index is 257. The lowest BCUT2D eigenvalue weighted by Crippen LogP contribution is -1.95. The summed E-state index contributed by atoms with van der Waals surface area (Å²) in [5.41, 5.74) is 1.36. The van der Waals surface area contributed by atoms with Crippen molar-refractivity contribution in [2.75, 3.05) is 11.9 Å². The van der Waals surface area contributed by atoms with Gasteiger partial charge in [-0.1, -0.05) is 6.42 Å². The largest absolute Gasteiger partial charge is 0.362 e. The Labute approximate surface area is 83.4 Å². The zero-order valence-electron chi connectivity index (χ0n) is 8.10. The average molecular weight is 196 g/mol. The molecule has 13 heavy (non-hydrogen) atoms. The molecule has 0 amide bonds. The van der Waals surface area contributed by atoms with E-state index >= 15 is 0 Å². The van der Waals surface area contributed by atoms with Crippen molar-refractivity contribution in [2.45, 2.75) is 39.0 Å². The first-order valence-corrected chi connectivity index (χ1v) is 5.94. The van der Waals surface area contributed by atoms with E-state index in [1.54, 1.807) is 0 Å². The van der Waals surface area contributed by atoms with Crippen LogP contribution in [0.5, 0.6) is 0 Å². The van der Waals surface area contributed by atoms with Gasteiger partial charge in [-0.15, -0.1) is 11.3 Å². The van der Waals surface area contributed by atoms with Crippen LogP contribution in [0.3, 0.4) is 0 Å². The van der Waals surface area contributed by atoms with Crippen molar-refractivity contribution in [3.8, 4) is 0 Å². The van der Waals surface area contributed by atoms with Crippen LogP contribution < -0.4 is 5.32 Å². The summed E-state index contributed by atoms with van der Waals surface area (Å²) in [7, 11) is 0. The number of aryl methyl sites for hydroxylation is 2. The van der Waals surface area contributed by atoms with E-state index in [0.29, 0.717) is 0 Å². The molecule has 1 aromatic heterocycles. The zero-order chi connectivity index (χ0) is 9.10. The van der Waals surface area contributed by atoms with Gasteiger partial charge in [0.25, 0.3) is 0 Å². The van der Waals surface area contributed by atoms with Crippen molar-refractivity contribution in [2.24, 2.45) is 0 Å². The first-order valence-electron chi connectivity index (χ1n) is 5.12. The van der Waals surface area contributed by atoms with Crippen LogP contribution in [0.15, 0.2) is 0 Å². The van der Waals surface area contributed by atoms with Gasteiger partial charge in [0.2, 0.25) is 0 Å². The van der Waals surface area contributed by atoms with E-state index in [0.717, 1.165) is 11.7 Å². The highest BCUT2D eigenvalue weighted by Gasteiger charge is 2.12. The quantitative estimate of drug-likeness (QED) is 0.736. The maximum Gasteiger partial charge on any atom is 0.183 e. The summed E-state index contributed by atoms with van der Waals surface area (Å²) in [6, 6.07) is 0. The van der Waals surface area contributed by atoms with Crippen LogP contribution in [0.25, 0.3) is 0 Å². The molecule has 1 aliphatic rings. The minimum Gasteiger partial charge on any atom is -0.362 e. The van der Waals surface area contributed by atoms with E-state index in [4.69, 9.17) is 0 Å². The molecule has 1 heterocycles. The van der Waals surface area contributed by atoms with Crippen molar-refractivity contribution < 1.29 is 0 Å². The van der Waals surface area contributed by atoms with Gasteiger partial charge >= 0.3 is 0 Å². The molecule has 1 aliphatic carbocycles. The van der Waals surface area contributed by atoms with Gasteiger partial charge in [-0.25, -0.2) is 4.98 Å². The highest BCUT2D eigenvalue weighted by Crippen LogP contribution is 2.28. The third kappa shape index (κ3) is 2.02. The highest BCUT2D eigenvalue weighted by atomic mass is 32.1. The molecular formula is C10H16N2S. The molecule has 0 saturated heterocycles. The summed E-state index contributed by atoms with van der Waals surface area (Å²) < 4.78 is 0. The van der Waals surface area contributed by atoms with Crippen molar-refractivity contribution in [3.63, 3.8) is 0 Å². The number of hydrogen-bond donors (Lipinski definition) is 1. The Kier molecular flexibility index (Phi) is 2.83. The van der Waals surface area contributed by atoms with Crippen molar-refractivity contribution >= 4 is 16.5 Å². The molecular weight excluding hydrogens is 180 g/mol. The lowest BCUT2D eigenvalue weighted by atomic mass is 10.2. The minimum absolute atomic E-state index is 0.979. The summed E-state index contributed by atoms with van der Waals surface area (Å²) in [5.74, 6) is 0. The summed E-state index contributed by atoms with van der Waals surface area (Å²) >= 11 is 1.85. The van der Waals surface area contributed by atoms with E-state index in [-0.39, 0.29) is 0 Å². The molecule has 1 aromatic rings. The predicted octanol–water partition coefficient (Wildman–Crippen LogP) is 2.84. The van der Waals surface area contributed by atoms with Gasteiger partial charge in [-0.3, -0.25) is 0 Å². The topological polar surface area (TPSA) is 24.9 Å². The average Bonchev–Trinajstić information content (AvgIpc) is 2.37. The van der Waals surface area contributed by atoms with Crippen LogP contribution in [0.1, 0.15) is 36.8 Å². The van der Waals surface area contributed by atoms with E-state index in [1.807, 2.05) is 11.3 Å². The number of anilines is 1. The Morgan fingerprint density at radius 2 is 2.15 bits per heavy atom. The van der Waals surface area contributed by atoms with E-state index in [2.05, 4.69) is 17.2 Å². The Balaban J connectivity index is 2.17. The lowest BCUT2D eigenvalue weighted by molar-refractivity contribution is 0.709. The molecule has 0 radical (unpaired) electrons. The second-order valence-corrected chi connectivity index (χ2v) is 4.56. The monoisotopic (exact) mass is 196 g/mol. The fraction of sp³-hybridized carbons (Fsp3) is 0.700. The summed E-state index contributed by atoms with van der Waals surface area (Å²) in [4.78, 5) is 6.13. The molecule has 2 nitrogen and oxygen atoms in total. The van der Waals surface area contributed by atoms with Gasteiger partial charge in [-0.2, -0.15) is 0 Å². The molecule has 0 atom stereocenters. The fourth-order valence-corrected chi connectivity index (χ4v) is 2.87. The number of aromatic nitrogens is 1. The van der Waals surface area contributed by atoms with Gasteiger partial charge < -0.3 is 5.32 Å². The van der Waals surface area contributed by atoms with Gasteiger partial charge in [0.15, 0.2) is 5.13 Å². The van der Waals surface area contributed by atoms with E-state index < -0.39 is 0 Å². The van der Waals surface area contributed by atoms with Crippen LogP contribution in [0.4, 0.5) is 5.13 Å². The normalized spacial score (nSPS) is 16.4. The number of nitrogens with one attached hydrogen (secondary N) is 1. The SMILES string of the molecule is CCNc1nc2c(s1)CCCCC2. The number of nitrogens with zero attached hydrogens (tertiary/aromatic N) is 1. The van der Waals surface area contributed by atoms with Crippen LogP contribution in [0.2, 0.25) is 0 Å². The molecule has 0 unspecified atom stereocenters. The second-order valence-electron chi connectivity index (χ2n) is 3.48. The number of fused-ring (bicyclic) bond motifs is 1. The summed E-state index contributed by atoms with van der Waals surface area (Å²) in [6.45, 7) is 3.10. The molecule has 0 aromatic carbocycles. The predicted molar refractivity (Wildman–Crippen MR) is 57.5 cm³/mol. The van der Waals surface area contributed by atoms with Gasteiger partial charge in [-0.05, 0) is 32.6 Å². The van der Waals surface area contributed by atoms with Crippen LogP contribution >= 0.6 is 11.3 Å². The van der Waals surface area contributed by atoms with Crippen LogP contribution in [-0.2, 0) is 12.8 Å². The lowest BCUT2D eigenvalue weighted by Gasteiger charge is -1.95. The van der Waals surface area contributed by atoms with Gasteiger partial charge in [0, 0.05) is 11.4 Å². The minimum atomic E-state index is 0.979. The number of thiazole rings is 1. The standard InChI is InChI=1S/C10H16N2S/c1-2-11-10-12-8-6-4-3-5-7-9(8)13-10/h2-7H2,1H3,(H,11,12). The van der Waals surface area contributed by atoms with Gasteiger partial charge in [0.1, 0.15) is 0 Å². The van der Waals surface area contributed by atoms with Crippen molar-refractivity contribution in [3.05, 3.63) is 10.6 Å². The summed E-state index contributed by atoms with van der Waals surface area (Å²) in [5, 5.41) is 4.41. The number of rotatable bonds is 2. The fourth-order valence-electron chi connectivity index (χ4n) is 1.76. The molecule has 0 aliphatic heterocycles. The molecule has 0 bridgehead atoms. The summed E-state index contributed by atoms with van der Waals surface area (Å²) in [6.07, 6.45) is 6.48. The molecule has 0 fully saturated rings. The zero-order valence-corrected chi connectivity index (χ0v) is 8.91. The third-order valence-electron chi connectivity index (χ3n) is 2.42. The van der Waals surface area contributed by atoms with Crippen LogP contribution in [-0.4, -0.2) is 11.5 Å². The smallest absolute Gasteiger partial charge is 0.183 e. The second kappa shape index (κ2) is 4.09. The number of hydrogen-bond acceptors (Lipinski definition) is 3. The molecule has 0 saturated carbocycles. The Hall–Kier alpha value is -0.570. The Morgan fingerprint density at radius 1 is 1.31 bits per heavy atom. The third-order valence-corrected chi connectivity index (χ3v) is 3.54. The maximum atomic E-state index is 4.61. The first kappa shape index (κ1) is 9.00. The molecule has 2 rings (SSSR count). The molecule has 72 valence electrons. The molecule has 0 spiro atoms. The molecule has 1 N–H and O–H groups in total. The van der Waals surface area contributed by atoms with Gasteiger partial charge in [0.05, 0.1) is 5.69 Å². The molecule has 3 heteroatoms. The van der Waals surface area contributed by atoms with E-state index in [1.165, 1.54) is 42.7 Å². The van der Waals surface area contributed by atoms with Crippen molar-refractivity contribution in [1.82, 2.24) is 4.98 Å². The maximum absolute atomic E-state index is 4.61. The van der Waals surface area contributed by atoms with Crippen LogP contribution in [0, 0.1) is 0 Å². The van der Waals surface area contributed by atoms with Crippen molar-refractivity contribution in [1.29, 1.82) is 0 Å².